The topological polar surface area (TPSA) is 30.9 Å². The summed E-state index contributed by atoms with van der Waals surface area (Å²) in [6.07, 6.45) is 8.64. The number of thiocarbonyl (C=S) groups is 1. The molecule has 0 radical (unpaired) electrons. The minimum Gasteiger partial charge on any atom is -0.368 e. The summed E-state index contributed by atoms with van der Waals surface area (Å²) < 4.78 is 0. The summed E-state index contributed by atoms with van der Waals surface area (Å²) in [5.74, 6) is 1.35. The van der Waals surface area contributed by atoms with Crippen LogP contribution in [-0.4, -0.2) is 59.8 Å². The zero-order valence-corrected chi connectivity index (χ0v) is 16.2. The van der Waals surface area contributed by atoms with Crippen LogP contribution in [-0.2, 0) is 0 Å². The maximum absolute atomic E-state index is 5.79. The van der Waals surface area contributed by atoms with Crippen LogP contribution < -0.4 is 5.32 Å². The van der Waals surface area contributed by atoms with Crippen LogP contribution in [0.25, 0.3) is 0 Å². The number of nitrogens with zero attached hydrogens (tertiary/aromatic N) is 3. The molecule has 0 aromatic heterocycles. The Morgan fingerprint density at radius 1 is 1.17 bits per heavy atom. The molecule has 0 aromatic carbocycles. The van der Waals surface area contributed by atoms with Crippen LogP contribution in [0, 0.1) is 5.92 Å². The quantitative estimate of drug-likeness (QED) is 0.610. The summed E-state index contributed by atoms with van der Waals surface area (Å²) in [7, 11) is 2.19. The summed E-state index contributed by atoms with van der Waals surface area (Å²) in [6.45, 7) is 12.5. The molecule has 1 aliphatic carbocycles. The van der Waals surface area contributed by atoms with Gasteiger partial charge in [0.1, 0.15) is 5.82 Å². The predicted molar refractivity (Wildman–Crippen MR) is 108 cm³/mol. The second-order valence-electron chi connectivity index (χ2n) is 7.02. The number of rotatable bonds is 5. The molecule has 2 fully saturated rings. The summed E-state index contributed by atoms with van der Waals surface area (Å²) in [5, 5.41) is 3.47. The van der Waals surface area contributed by atoms with Crippen molar-refractivity contribution in [1.82, 2.24) is 15.1 Å². The van der Waals surface area contributed by atoms with Crippen LogP contribution in [0.3, 0.4) is 0 Å². The second kappa shape index (κ2) is 9.33. The van der Waals surface area contributed by atoms with Crippen molar-refractivity contribution in [2.45, 2.75) is 45.6 Å². The number of likely N-dealkylation sites (N-methyl/N-ethyl adjacent to an activating group) is 1. The van der Waals surface area contributed by atoms with E-state index in [4.69, 9.17) is 12.2 Å². The van der Waals surface area contributed by atoms with Gasteiger partial charge in [-0.15, -0.1) is 0 Å². The van der Waals surface area contributed by atoms with Gasteiger partial charge >= 0.3 is 0 Å². The van der Waals surface area contributed by atoms with Gasteiger partial charge in [-0.3, -0.25) is 0 Å². The number of hydrogen-bond donors (Lipinski definition) is 1. The Hall–Kier alpha value is -1.20. The summed E-state index contributed by atoms with van der Waals surface area (Å²) in [4.78, 5) is 10.5. The third-order valence-electron chi connectivity index (χ3n) is 4.98. The first-order valence-electron chi connectivity index (χ1n) is 9.10. The molecule has 1 saturated heterocycles. The lowest BCUT2D eigenvalue weighted by molar-refractivity contribution is 0.207. The Morgan fingerprint density at radius 3 is 2.38 bits per heavy atom. The standard InChI is InChI=1S/C19H32N4S/c1-5-6-15(2)20-16(3)21-18-9-7-17(8-10-18)19(24)23-13-11-22(4)12-14-23/h5-6,17-18,21H,3,7-14H2,1-2,4H3/b6-5-,20-15-. The van der Waals surface area contributed by atoms with Crippen molar-refractivity contribution < 1.29 is 0 Å². The Labute approximate surface area is 152 Å². The minimum atomic E-state index is 0.478. The Balaban J connectivity index is 1.76. The maximum Gasteiger partial charge on any atom is 0.119 e. The van der Waals surface area contributed by atoms with E-state index in [9.17, 15) is 0 Å². The average molecular weight is 349 g/mol. The minimum absolute atomic E-state index is 0.478. The Morgan fingerprint density at radius 2 is 1.79 bits per heavy atom. The molecule has 24 heavy (non-hydrogen) atoms. The smallest absolute Gasteiger partial charge is 0.119 e. The zero-order chi connectivity index (χ0) is 17.5. The van der Waals surface area contributed by atoms with Gasteiger partial charge in [0.15, 0.2) is 0 Å². The van der Waals surface area contributed by atoms with Gasteiger partial charge in [-0.1, -0.05) is 24.9 Å². The maximum atomic E-state index is 5.79. The highest BCUT2D eigenvalue weighted by molar-refractivity contribution is 7.80. The van der Waals surface area contributed by atoms with Crippen molar-refractivity contribution in [2.24, 2.45) is 10.9 Å². The molecule has 2 aliphatic rings. The summed E-state index contributed by atoms with van der Waals surface area (Å²) in [6, 6.07) is 0.478. The van der Waals surface area contributed by atoms with E-state index in [-0.39, 0.29) is 0 Å². The van der Waals surface area contributed by atoms with Gasteiger partial charge in [0.25, 0.3) is 0 Å². The SMILES string of the molecule is C=C(/N=C(C)\C=C/C)NC1CCC(C(=S)N2CCN(C)CC2)CC1. The van der Waals surface area contributed by atoms with Crippen LogP contribution in [0.2, 0.25) is 0 Å². The second-order valence-corrected chi connectivity index (χ2v) is 7.44. The van der Waals surface area contributed by atoms with Crippen LogP contribution in [0.1, 0.15) is 39.5 Å². The third kappa shape index (κ3) is 5.71. The summed E-state index contributed by atoms with van der Waals surface area (Å²) >= 11 is 5.79. The zero-order valence-electron chi connectivity index (χ0n) is 15.4. The van der Waals surface area contributed by atoms with E-state index in [1.54, 1.807) is 0 Å². The molecule has 4 nitrogen and oxygen atoms in total. The summed E-state index contributed by atoms with van der Waals surface area (Å²) in [5.41, 5.74) is 0.986. The molecule has 5 heteroatoms. The largest absolute Gasteiger partial charge is 0.368 e. The van der Waals surface area contributed by atoms with Gasteiger partial charge in [0.2, 0.25) is 0 Å². The molecule has 1 heterocycles. The highest BCUT2D eigenvalue weighted by Crippen LogP contribution is 2.27. The van der Waals surface area contributed by atoms with Crippen LogP contribution in [0.5, 0.6) is 0 Å². The van der Waals surface area contributed by atoms with Crippen molar-refractivity contribution in [3.05, 3.63) is 24.6 Å². The van der Waals surface area contributed by atoms with Crippen molar-refractivity contribution in [3.8, 4) is 0 Å². The fraction of sp³-hybridized carbons (Fsp3) is 0.684. The van der Waals surface area contributed by atoms with Crippen LogP contribution in [0.15, 0.2) is 29.5 Å². The molecule has 0 unspecified atom stereocenters. The molecule has 134 valence electrons. The normalized spacial score (nSPS) is 26.6. The highest BCUT2D eigenvalue weighted by atomic mass is 32.1. The van der Waals surface area contributed by atoms with Gasteiger partial charge in [0, 0.05) is 43.9 Å². The van der Waals surface area contributed by atoms with Crippen molar-refractivity contribution >= 4 is 22.9 Å². The number of hydrogen-bond acceptors (Lipinski definition) is 4. The Bertz CT molecular complexity index is 495. The van der Waals surface area contributed by atoms with E-state index in [1.165, 1.54) is 17.8 Å². The fourth-order valence-corrected chi connectivity index (χ4v) is 3.95. The lowest BCUT2D eigenvalue weighted by Crippen LogP contribution is -2.49. The molecule has 0 bridgehead atoms. The van der Waals surface area contributed by atoms with E-state index >= 15 is 0 Å². The lowest BCUT2D eigenvalue weighted by atomic mass is 9.85. The van der Waals surface area contributed by atoms with Crippen molar-refractivity contribution in [3.63, 3.8) is 0 Å². The van der Waals surface area contributed by atoms with Gasteiger partial charge in [0.05, 0.1) is 4.99 Å². The number of piperazine rings is 1. The van der Waals surface area contributed by atoms with Crippen LogP contribution >= 0.6 is 12.2 Å². The molecule has 0 amide bonds. The molecular formula is C19H32N4S. The van der Waals surface area contributed by atoms with Crippen molar-refractivity contribution in [1.29, 1.82) is 0 Å². The van der Waals surface area contributed by atoms with Crippen molar-refractivity contribution in [2.75, 3.05) is 33.2 Å². The van der Waals surface area contributed by atoms with E-state index in [0.29, 0.717) is 12.0 Å². The van der Waals surface area contributed by atoms with E-state index in [0.717, 1.165) is 50.6 Å². The lowest BCUT2D eigenvalue weighted by Gasteiger charge is -2.39. The molecule has 0 spiro atoms. The number of nitrogens with one attached hydrogen (secondary N) is 1. The van der Waals surface area contributed by atoms with Gasteiger partial charge < -0.3 is 15.1 Å². The molecule has 1 aliphatic heterocycles. The molecule has 1 N–H and O–H groups in total. The molecule has 1 saturated carbocycles. The van der Waals surface area contributed by atoms with Gasteiger partial charge in [-0.2, -0.15) is 0 Å². The first-order valence-corrected chi connectivity index (χ1v) is 9.51. The fourth-order valence-electron chi connectivity index (χ4n) is 3.53. The molecule has 2 rings (SSSR count). The van der Waals surface area contributed by atoms with E-state index in [2.05, 4.69) is 33.7 Å². The molecule has 0 aromatic rings. The number of aliphatic imine (C=N–C) groups is 1. The average Bonchev–Trinajstić information content (AvgIpc) is 2.55. The third-order valence-corrected chi connectivity index (χ3v) is 5.57. The van der Waals surface area contributed by atoms with E-state index < -0.39 is 0 Å². The van der Waals surface area contributed by atoms with Crippen LogP contribution in [0.4, 0.5) is 0 Å². The van der Waals surface area contributed by atoms with E-state index in [1.807, 2.05) is 26.0 Å². The first kappa shape index (κ1) is 19.1. The van der Waals surface area contributed by atoms with Gasteiger partial charge in [-0.25, -0.2) is 4.99 Å². The van der Waals surface area contributed by atoms with Gasteiger partial charge in [-0.05, 0) is 52.7 Å². The Kier molecular flexibility index (Phi) is 7.43. The highest BCUT2D eigenvalue weighted by Gasteiger charge is 2.28. The monoisotopic (exact) mass is 348 g/mol. The predicted octanol–water partition coefficient (Wildman–Crippen LogP) is 3.22. The first-order chi connectivity index (χ1) is 11.5. The molecule has 0 atom stereocenters. The number of allylic oxidation sites excluding steroid dienone is 2. The molecular weight excluding hydrogens is 316 g/mol.